The first-order valence-corrected chi connectivity index (χ1v) is 10.7. The van der Waals surface area contributed by atoms with E-state index in [4.69, 9.17) is 0 Å². The van der Waals surface area contributed by atoms with Crippen molar-refractivity contribution in [2.75, 3.05) is 5.32 Å². The summed E-state index contributed by atoms with van der Waals surface area (Å²) < 4.78 is 0.645. The smallest absolute Gasteiger partial charge is 0.321 e. The molecule has 2 aromatic carbocycles. The molecule has 29 heavy (non-hydrogen) atoms. The van der Waals surface area contributed by atoms with Gasteiger partial charge in [-0.3, -0.25) is 10.1 Å². The van der Waals surface area contributed by atoms with Crippen molar-refractivity contribution in [2.24, 2.45) is 0 Å². The van der Waals surface area contributed by atoms with Crippen LogP contribution in [0.2, 0.25) is 0 Å². The zero-order valence-corrected chi connectivity index (χ0v) is 17.6. The van der Waals surface area contributed by atoms with Gasteiger partial charge in [0.25, 0.3) is 0 Å². The Morgan fingerprint density at radius 1 is 1.07 bits per heavy atom. The summed E-state index contributed by atoms with van der Waals surface area (Å²) in [6.07, 6.45) is 0. The van der Waals surface area contributed by atoms with Crippen LogP contribution in [-0.4, -0.2) is 27.4 Å². The number of aromatic nitrogens is 2. The highest BCUT2D eigenvalue weighted by Gasteiger charge is 2.19. The van der Waals surface area contributed by atoms with E-state index in [0.29, 0.717) is 16.0 Å². The van der Waals surface area contributed by atoms with Gasteiger partial charge in [0.1, 0.15) is 0 Å². The number of carbonyl (C=O) groups is 2. The summed E-state index contributed by atoms with van der Waals surface area (Å²) in [6.45, 7) is 4.10. The second-order valence-corrected chi connectivity index (χ2v) is 8.85. The number of aryl methyl sites for hydroxylation is 1. The summed E-state index contributed by atoms with van der Waals surface area (Å²) in [4.78, 5) is 24.2. The number of imide groups is 1. The minimum Gasteiger partial charge on any atom is -0.334 e. The van der Waals surface area contributed by atoms with Gasteiger partial charge in [-0.05, 0) is 31.5 Å². The molecule has 1 heterocycles. The number of urea groups is 1. The van der Waals surface area contributed by atoms with E-state index in [-0.39, 0.29) is 5.91 Å². The average Bonchev–Trinajstić information content (AvgIpc) is 3.15. The Bertz CT molecular complexity index is 961. The minimum atomic E-state index is -0.523. The molecule has 0 radical (unpaired) electrons. The summed E-state index contributed by atoms with van der Waals surface area (Å²) >= 11 is 2.61. The summed E-state index contributed by atoms with van der Waals surface area (Å²) in [5, 5.41) is 16.6. The molecule has 0 aliphatic heterocycles. The lowest BCUT2D eigenvalue weighted by molar-refractivity contribution is -0.119. The first kappa shape index (κ1) is 20.8. The molecule has 9 heteroatoms. The van der Waals surface area contributed by atoms with E-state index in [1.165, 1.54) is 28.7 Å². The number of nitrogens with zero attached hydrogens (tertiary/aromatic N) is 2. The Labute approximate surface area is 177 Å². The zero-order valence-electron chi connectivity index (χ0n) is 16.0. The number of thioether (sulfide) groups is 1. The highest BCUT2D eigenvalue weighted by atomic mass is 32.2. The molecule has 1 aromatic heterocycles. The SMILES string of the molecule is Cc1ccc(Nc2nnc(SC(C)C(=O)NC(=O)NCc3ccccc3)s2)cc1. The summed E-state index contributed by atoms with van der Waals surface area (Å²) in [5.74, 6) is -0.385. The normalized spacial score (nSPS) is 11.5. The number of anilines is 2. The molecule has 150 valence electrons. The van der Waals surface area contributed by atoms with Crippen LogP contribution in [0.1, 0.15) is 18.1 Å². The Kier molecular flexibility index (Phi) is 7.20. The fourth-order valence-corrected chi connectivity index (χ4v) is 4.23. The molecule has 0 bridgehead atoms. The zero-order chi connectivity index (χ0) is 20.6. The molecule has 3 amide bonds. The van der Waals surface area contributed by atoms with Gasteiger partial charge in [-0.15, -0.1) is 10.2 Å². The highest BCUT2D eigenvalue weighted by Crippen LogP contribution is 2.30. The number of rotatable bonds is 7. The van der Waals surface area contributed by atoms with Gasteiger partial charge in [0.2, 0.25) is 11.0 Å². The lowest BCUT2D eigenvalue weighted by atomic mass is 10.2. The van der Waals surface area contributed by atoms with Crippen LogP contribution in [0.3, 0.4) is 0 Å². The quantitative estimate of drug-likeness (QED) is 0.492. The molecule has 1 atom stereocenters. The second-order valence-electron chi connectivity index (χ2n) is 6.28. The standard InChI is InChI=1S/C20H21N5O2S2/c1-13-8-10-16(11-9-13)22-19-24-25-20(29-19)28-14(2)17(26)23-18(27)21-12-15-6-4-3-5-7-15/h3-11,14H,12H2,1-2H3,(H,22,24)(H2,21,23,26,27). The van der Waals surface area contributed by atoms with Crippen molar-refractivity contribution in [1.29, 1.82) is 0 Å². The van der Waals surface area contributed by atoms with Crippen LogP contribution in [0.5, 0.6) is 0 Å². The fourth-order valence-electron chi connectivity index (χ4n) is 2.31. The molecule has 0 saturated carbocycles. The van der Waals surface area contributed by atoms with E-state index in [1.807, 2.05) is 61.5 Å². The highest BCUT2D eigenvalue weighted by molar-refractivity contribution is 8.02. The number of hydrogen-bond acceptors (Lipinski definition) is 7. The fraction of sp³-hybridized carbons (Fsp3) is 0.200. The summed E-state index contributed by atoms with van der Waals surface area (Å²) in [5.41, 5.74) is 3.06. The maximum absolute atomic E-state index is 12.2. The second kappa shape index (κ2) is 10.0. The van der Waals surface area contributed by atoms with Gasteiger partial charge < -0.3 is 10.6 Å². The average molecular weight is 428 g/mol. The van der Waals surface area contributed by atoms with E-state index in [9.17, 15) is 9.59 Å². The summed E-state index contributed by atoms with van der Waals surface area (Å²) in [7, 11) is 0. The maximum Gasteiger partial charge on any atom is 0.321 e. The molecule has 1 unspecified atom stereocenters. The molecular weight excluding hydrogens is 406 g/mol. The van der Waals surface area contributed by atoms with Crippen LogP contribution in [0, 0.1) is 6.92 Å². The number of hydrogen-bond donors (Lipinski definition) is 3. The van der Waals surface area contributed by atoms with E-state index in [2.05, 4.69) is 26.1 Å². The van der Waals surface area contributed by atoms with Gasteiger partial charge in [0, 0.05) is 12.2 Å². The first-order valence-electron chi connectivity index (χ1n) is 8.96. The molecular formula is C20H21N5O2S2. The van der Waals surface area contributed by atoms with Crippen molar-refractivity contribution in [3.63, 3.8) is 0 Å². The van der Waals surface area contributed by atoms with Gasteiger partial charge >= 0.3 is 6.03 Å². The van der Waals surface area contributed by atoms with Crippen LogP contribution in [0.15, 0.2) is 58.9 Å². The van der Waals surface area contributed by atoms with E-state index >= 15 is 0 Å². The van der Waals surface area contributed by atoms with E-state index < -0.39 is 11.3 Å². The van der Waals surface area contributed by atoms with Crippen molar-refractivity contribution < 1.29 is 9.59 Å². The van der Waals surface area contributed by atoms with Gasteiger partial charge in [-0.2, -0.15) is 0 Å². The van der Waals surface area contributed by atoms with Crippen LogP contribution in [0.25, 0.3) is 0 Å². The van der Waals surface area contributed by atoms with Crippen molar-refractivity contribution >= 4 is 45.9 Å². The number of amides is 3. The lowest BCUT2D eigenvalue weighted by Gasteiger charge is -2.10. The van der Waals surface area contributed by atoms with Gasteiger partial charge in [-0.25, -0.2) is 4.79 Å². The van der Waals surface area contributed by atoms with Crippen LogP contribution >= 0.6 is 23.1 Å². The Morgan fingerprint density at radius 3 is 2.52 bits per heavy atom. The maximum atomic E-state index is 12.2. The molecule has 3 rings (SSSR count). The molecule has 0 fully saturated rings. The summed E-state index contributed by atoms with van der Waals surface area (Å²) in [6, 6.07) is 16.9. The monoisotopic (exact) mass is 427 g/mol. The molecule has 0 aliphatic rings. The lowest BCUT2D eigenvalue weighted by Crippen LogP contribution is -2.42. The molecule has 3 N–H and O–H groups in total. The van der Waals surface area contributed by atoms with Crippen molar-refractivity contribution in [3.05, 3.63) is 65.7 Å². The molecule has 3 aromatic rings. The molecule has 0 aliphatic carbocycles. The third-order valence-electron chi connectivity index (χ3n) is 3.89. The van der Waals surface area contributed by atoms with Gasteiger partial charge in [-0.1, -0.05) is 71.1 Å². The van der Waals surface area contributed by atoms with Crippen molar-refractivity contribution in [2.45, 2.75) is 30.0 Å². The Balaban J connectivity index is 1.46. The Morgan fingerprint density at radius 2 is 1.79 bits per heavy atom. The molecule has 0 saturated heterocycles. The van der Waals surface area contributed by atoms with Crippen LogP contribution in [0.4, 0.5) is 15.6 Å². The Hall–Kier alpha value is -2.91. The molecule has 0 spiro atoms. The minimum absolute atomic E-state index is 0.353. The van der Waals surface area contributed by atoms with Crippen molar-refractivity contribution in [3.8, 4) is 0 Å². The third-order valence-corrected chi connectivity index (χ3v) is 5.91. The number of carbonyl (C=O) groups excluding carboxylic acids is 2. The predicted molar refractivity (Wildman–Crippen MR) is 117 cm³/mol. The topological polar surface area (TPSA) is 96.0 Å². The van der Waals surface area contributed by atoms with Gasteiger partial charge in [0.15, 0.2) is 4.34 Å². The van der Waals surface area contributed by atoms with E-state index in [0.717, 1.165) is 11.3 Å². The predicted octanol–water partition coefficient (Wildman–Crippen LogP) is 4.10. The first-order chi connectivity index (χ1) is 14.0. The third kappa shape index (κ3) is 6.58. The van der Waals surface area contributed by atoms with Crippen LogP contribution in [-0.2, 0) is 11.3 Å². The van der Waals surface area contributed by atoms with E-state index in [1.54, 1.807) is 6.92 Å². The number of nitrogens with one attached hydrogen (secondary N) is 3. The van der Waals surface area contributed by atoms with Gasteiger partial charge in [0.05, 0.1) is 5.25 Å². The van der Waals surface area contributed by atoms with Crippen molar-refractivity contribution in [1.82, 2.24) is 20.8 Å². The largest absolute Gasteiger partial charge is 0.334 e. The molecule has 7 nitrogen and oxygen atoms in total. The number of benzene rings is 2. The van der Waals surface area contributed by atoms with Crippen LogP contribution < -0.4 is 16.0 Å².